The quantitative estimate of drug-likeness (QED) is 0.490. The van der Waals surface area contributed by atoms with Crippen LogP contribution in [0.3, 0.4) is 0 Å². The third-order valence-electron chi connectivity index (χ3n) is 2.86. The summed E-state index contributed by atoms with van der Waals surface area (Å²) in [5.74, 6) is -0.535. The van der Waals surface area contributed by atoms with Gasteiger partial charge in [-0.1, -0.05) is 6.92 Å². The molecule has 0 nitrogen and oxygen atoms in total. The molecule has 0 aromatic rings. The van der Waals surface area contributed by atoms with E-state index in [-0.39, 0.29) is 5.41 Å². The van der Waals surface area contributed by atoms with Gasteiger partial charge >= 0.3 is 0 Å². The lowest BCUT2D eigenvalue weighted by Crippen LogP contribution is -2.06. The monoisotopic (exact) mass is 144 g/mol. The highest BCUT2D eigenvalue weighted by Gasteiger charge is 2.56. The van der Waals surface area contributed by atoms with Gasteiger partial charge in [-0.25, -0.2) is 8.78 Å². The maximum absolute atomic E-state index is 12.9. The van der Waals surface area contributed by atoms with Crippen LogP contribution in [0, 0.1) is 11.3 Å². The van der Waals surface area contributed by atoms with Gasteiger partial charge in [0.25, 0.3) is 0 Å². The van der Waals surface area contributed by atoms with E-state index in [0.29, 0.717) is 12.3 Å². The largest absolute Gasteiger partial charge is 0.209 e. The molecule has 0 N–H and O–H groups in total. The van der Waals surface area contributed by atoms with Crippen molar-refractivity contribution < 1.29 is 8.78 Å². The van der Waals surface area contributed by atoms with Crippen LogP contribution >= 0.6 is 0 Å². The topological polar surface area (TPSA) is 0 Å². The fourth-order valence-corrected chi connectivity index (χ4v) is 1.86. The van der Waals surface area contributed by atoms with E-state index < -0.39 is 11.7 Å². The van der Waals surface area contributed by atoms with Crippen molar-refractivity contribution in [3.05, 3.63) is 11.7 Å². The number of rotatable bonds is 0. The Labute approximate surface area is 58.9 Å². The molecule has 1 fully saturated rings. The van der Waals surface area contributed by atoms with Crippen LogP contribution in [0.5, 0.6) is 0 Å². The van der Waals surface area contributed by atoms with Crippen molar-refractivity contribution in [2.24, 2.45) is 11.3 Å². The minimum Gasteiger partial charge on any atom is -0.209 e. The predicted octanol–water partition coefficient (Wildman–Crippen LogP) is 2.96. The number of halogens is 2. The highest BCUT2D eigenvalue weighted by atomic mass is 19.2. The van der Waals surface area contributed by atoms with Gasteiger partial charge in [0.2, 0.25) is 0 Å². The summed E-state index contributed by atoms with van der Waals surface area (Å²) in [5.41, 5.74) is -0.387. The van der Waals surface area contributed by atoms with Gasteiger partial charge in [0, 0.05) is 11.8 Å². The van der Waals surface area contributed by atoms with Gasteiger partial charge in [0.1, 0.15) is 11.7 Å². The average Bonchev–Trinajstić information content (AvgIpc) is 2.55. The zero-order valence-corrected chi connectivity index (χ0v) is 5.95. The number of hydrogen-bond acceptors (Lipinski definition) is 0. The van der Waals surface area contributed by atoms with Crippen molar-refractivity contribution in [3.8, 4) is 0 Å². The van der Waals surface area contributed by atoms with Crippen LogP contribution in [0.4, 0.5) is 8.78 Å². The summed E-state index contributed by atoms with van der Waals surface area (Å²) in [5, 5.41) is 0. The van der Waals surface area contributed by atoms with Gasteiger partial charge in [-0.2, -0.15) is 0 Å². The molecule has 2 aliphatic carbocycles. The maximum Gasteiger partial charge on any atom is 0.137 e. The van der Waals surface area contributed by atoms with Gasteiger partial charge in [-0.3, -0.25) is 0 Å². The Kier molecular flexibility index (Phi) is 1.01. The second-order valence-corrected chi connectivity index (χ2v) is 3.58. The molecule has 0 bridgehead atoms. The molecule has 0 aromatic carbocycles. The summed E-state index contributed by atoms with van der Waals surface area (Å²) in [6, 6.07) is 0. The lowest BCUT2D eigenvalue weighted by molar-refractivity contribution is 0.356. The molecule has 0 saturated heterocycles. The molecule has 0 spiro atoms. The van der Waals surface area contributed by atoms with Gasteiger partial charge in [-0.05, 0) is 18.8 Å². The van der Waals surface area contributed by atoms with Crippen LogP contribution in [0.2, 0.25) is 0 Å². The Morgan fingerprint density at radius 2 is 2.20 bits per heavy atom. The summed E-state index contributed by atoms with van der Waals surface area (Å²) >= 11 is 0. The highest BCUT2D eigenvalue weighted by Crippen LogP contribution is 2.63. The van der Waals surface area contributed by atoms with E-state index in [0.717, 1.165) is 12.8 Å². The van der Waals surface area contributed by atoms with Crippen molar-refractivity contribution in [1.29, 1.82) is 0 Å². The molecule has 0 aromatic heterocycles. The second kappa shape index (κ2) is 1.60. The van der Waals surface area contributed by atoms with Crippen LogP contribution in [-0.4, -0.2) is 0 Å². The third kappa shape index (κ3) is 0.594. The van der Waals surface area contributed by atoms with E-state index in [4.69, 9.17) is 0 Å². The zero-order valence-electron chi connectivity index (χ0n) is 5.95. The first kappa shape index (κ1) is 6.32. The van der Waals surface area contributed by atoms with Gasteiger partial charge in [0.05, 0.1) is 0 Å². The first-order valence-electron chi connectivity index (χ1n) is 3.69. The summed E-state index contributed by atoms with van der Waals surface area (Å²) in [7, 11) is 0. The Morgan fingerprint density at radius 3 is 2.80 bits per heavy atom. The molecule has 2 aliphatic rings. The summed E-state index contributed by atoms with van der Waals surface area (Å²) < 4.78 is 25.5. The van der Waals surface area contributed by atoms with Crippen LogP contribution in [-0.2, 0) is 0 Å². The van der Waals surface area contributed by atoms with Gasteiger partial charge in [-0.15, -0.1) is 0 Å². The van der Waals surface area contributed by atoms with Crippen molar-refractivity contribution in [2.45, 2.75) is 26.2 Å². The lowest BCUT2D eigenvalue weighted by Gasteiger charge is -2.14. The molecule has 56 valence electrons. The van der Waals surface area contributed by atoms with Crippen molar-refractivity contribution in [3.63, 3.8) is 0 Å². The average molecular weight is 144 g/mol. The molecule has 1 saturated carbocycles. The van der Waals surface area contributed by atoms with Crippen LogP contribution < -0.4 is 0 Å². The Balaban J connectivity index is 2.35. The Bertz CT molecular complexity index is 205. The van der Waals surface area contributed by atoms with E-state index in [9.17, 15) is 8.78 Å². The van der Waals surface area contributed by atoms with E-state index in [1.54, 1.807) is 0 Å². The smallest absolute Gasteiger partial charge is 0.137 e. The first-order valence-corrected chi connectivity index (χ1v) is 3.69. The van der Waals surface area contributed by atoms with Gasteiger partial charge in [0.15, 0.2) is 0 Å². The van der Waals surface area contributed by atoms with E-state index in [2.05, 4.69) is 0 Å². The van der Waals surface area contributed by atoms with Crippen LogP contribution in [0.25, 0.3) is 0 Å². The van der Waals surface area contributed by atoms with Crippen molar-refractivity contribution >= 4 is 0 Å². The van der Waals surface area contributed by atoms with Crippen LogP contribution in [0.15, 0.2) is 11.7 Å². The zero-order chi connectivity index (χ0) is 7.35. The normalized spacial score (nSPS) is 45.3. The molecule has 2 unspecified atom stereocenters. The molecular weight excluding hydrogens is 134 g/mol. The molecule has 2 atom stereocenters. The van der Waals surface area contributed by atoms with E-state index in [1.807, 2.05) is 6.92 Å². The highest BCUT2D eigenvalue weighted by molar-refractivity contribution is 5.24. The fraction of sp³-hybridized carbons (Fsp3) is 0.750. The maximum atomic E-state index is 12.9. The summed E-state index contributed by atoms with van der Waals surface area (Å²) in [6.07, 6.45) is 2.02. The molecule has 0 radical (unpaired) electrons. The van der Waals surface area contributed by atoms with E-state index >= 15 is 0 Å². The SMILES string of the molecule is CC12CC1CCC(F)=C2F. The number of allylic oxidation sites excluding steroid dienone is 2. The van der Waals surface area contributed by atoms with Crippen molar-refractivity contribution in [2.75, 3.05) is 0 Å². The summed E-state index contributed by atoms with van der Waals surface area (Å²) in [4.78, 5) is 0. The molecular formula is C8H10F2. The fourth-order valence-electron chi connectivity index (χ4n) is 1.86. The Hall–Kier alpha value is -0.400. The number of hydrogen-bond donors (Lipinski definition) is 0. The van der Waals surface area contributed by atoms with Crippen LogP contribution in [0.1, 0.15) is 26.2 Å². The van der Waals surface area contributed by atoms with E-state index in [1.165, 1.54) is 0 Å². The molecule has 2 rings (SSSR count). The standard InChI is InChI=1S/C8H10F2/c1-8-4-5(8)2-3-6(9)7(8)10/h5H,2-4H2,1H3. The summed E-state index contributed by atoms with van der Waals surface area (Å²) in [6.45, 7) is 1.81. The first-order chi connectivity index (χ1) is 4.64. The van der Waals surface area contributed by atoms with Gasteiger partial charge < -0.3 is 0 Å². The third-order valence-corrected chi connectivity index (χ3v) is 2.86. The Morgan fingerprint density at radius 1 is 1.50 bits per heavy atom. The minimum atomic E-state index is -0.503. The molecule has 0 amide bonds. The molecule has 10 heavy (non-hydrogen) atoms. The molecule has 0 heterocycles. The number of fused-ring (bicyclic) bond motifs is 1. The minimum absolute atomic E-state index is 0.325. The second-order valence-electron chi connectivity index (χ2n) is 3.58. The predicted molar refractivity (Wildman–Crippen MR) is 34.7 cm³/mol. The molecule has 2 heteroatoms. The van der Waals surface area contributed by atoms with Crippen molar-refractivity contribution in [1.82, 2.24) is 0 Å². The lowest BCUT2D eigenvalue weighted by atomic mass is 9.95. The molecule has 0 aliphatic heterocycles.